The molecule has 0 aliphatic carbocycles. The average molecular weight is 475 g/mol. The van der Waals surface area contributed by atoms with Gasteiger partial charge in [0.15, 0.2) is 0 Å². The normalized spacial score (nSPS) is 12.5. The van der Waals surface area contributed by atoms with Gasteiger partial charge in [0.05, 0.1) is 11.4 Å². The van der Waals surface area contributed by atoms with E-state index in [0.717, 1.165) is 11.1 Å². The van der Waals surface area contributed by atoms with Gasteiger partial charge in [-0.15, -0.1) is 0 Å². The first-order chi connectivity index (χ1) is 16.8. The van der Waals surface area contributed by atoms with E-state index in [-0.39, 0.29) is 16.9 Å². The quantitative estimate of drug-likeness (QED) is 0.283. The van der Waals surface area contributed by atoms with Crippen LogP contribution in [0.15, 0.2) is 53.3 Å². The largest absolute Gasteiger partial charge is 0.481 e. The van der Waals surface area contributed by atoms with E-state index < -0.39 is 11.9 Å². The van der Waals surface area contributed by atoms with Crippen LogP contribution in [0.4, 0.5) is 4.39 Å². The van der Waals surface area contributed by atoms with Gasteiger partial charge < -0.3 is 5.11 Å². The Morgan fingerprint density at radius 1 is 1.06 bits per heavy atom. The van der Waals surface area contributed by atoms with E-state index in [1.165, 1.54) is 12.1 Å². The van der Waals surface area contributed by atoms with Crippen LogP contribution in [0.5, 0.6) is 0 Å². The van der Waals surface area contributed by atoms with Crippen LogP contribution in [0.25, 0.3) is 33.1 Å². The molecule has 1 N–H and O–H groups in total. The van der Waals surface area contributed by atoms with Crippen LogP contribution in [0.2, 0.25) is 0 Å². The lowest BCUT2D eigenvalue weighted by Gasteiger charge is -2.22. The molecule has 5 nitrogen and oxygen atoms in total. The number of fused-ring (bicyclic) bond motifs is 2. The number of aromatic nitrogens is 2. The zero-order valence-corrected chi connectivity index (χ0v) is 20.6. The molecule has 182 valence electrons. The minimum atomic E-state index is -1.02. The number of hydrogen-bond acceptors (Lipinski definition) is 3. The van der Waals surface area contributed by atoms with Crippen LogP contribution >= 0.6 is 0 Å². The van der Waals surface area contributed by atoms with E-state index in [1.807, 2.05) is 44.2 Å². The maximum Gasteiger partial charge on any atom is 0.311 e. The zero-order chi connectivity index (χ0) is 25.3. The third-order valence-electron chi connectivity index (χ3n) is 6.56. The number of carboxylic acids is 1. The summed E-state index contributed by atoms with van der Waals surface area (Å²) in [6.07, 6.45) is 1.65. The van der Waals surface area contributed by atoms with E-state index in [1.54, 1.807) is 10.6 Å². The summed E-state index contributed by atoms with van der Waals surface area (Å²) < 4.78 is 15.7. The Hall–Kier alpha value is -3.54. The second kappa shape index (κ2) is 9.98. The van der Waals surface area contributed by atoms with Crippen molar-refractivity contribution in [1.82, 2.24) is 9.55 Å². The second-order valence-electron chi connectivity index (χ2n) is 9.40. The molecule has 4 aromatic rings. The lowest BCUT2D eigenvalue weighted by atomic mass is 9.86. The van der Waals surface area contributed by atoms with Crippen LogP contribution < -0.4 is 5.56 Å². The Bertz CT molecular complexity index is 1460. The molecular weight excluding hydrogens is 443 g/mol. The summed E-state index contributed by atoms with van der Waals surface area (Å²) in [5.41, 5.74) is 3.51. The van der Waals surface area contributed by atoms with Crippen LogP contribution in [0, 0.1) is 5.82 Å². The number of aryl methyl sites for hydroxylation is 1. The molecule has 0 spiro atoms. The number of benzene rings is 2. The number of carboxylic acid groups (broad SMARTS) is 1. The molecule has 1 atom stereocenters. The van der Waals surface area contributed by atoms with Crippen molar-refractivity contribution in [3.8, 4) is 11.1 Å². The van der Waals surface area contributed by atoms with Gasteiger partial charge in [-0.3, -0.25) is 14.2 Å². The average Bonchev–Trinajstić information content (AvgIpc) is 2.83. The van der Waals surface area contributed by atoms with Gasteiger partial charge in [0.1, 0.15) is 11.5 Å². The molecule has 2 aromatic carbocycles. The van der Waals surface area contributed by atoms with Gasteiger partial charge in [-0.2, -0.15) is 0 Å². The Balaban J connectivity index is 2.20. The molecule has 0 bridgehead atoms. The predicted molar refractivity (Wildman–Crippen MR) is 139 cm³/mol. The molecule has 0 amide bonds. The molecule has 0 radical (unpaired) electrons. The molecule has 4 rings (SSSR count). The first-order valence-corrected chi connectivity index (χ1v) is 12.3. The lowest BCUT2D eigenvalue weighted by molar-refractivity contribution is -0.139. The Labute approximate surface area is 204 Å². The minimum Gasteiger partial charge on any atom is -0.481 e. The van der Waals surface area contributed by atoms with Crippen molar-refractivity contribution in [2.45, 2.75) is 65.3 Å². The first kappa shape index (κ1) is 24.6. The molecule has 0 saturated heterocycles. The van der Waals surface area contributed by atoms with Gasteiger partial charge >= 0.3 is 5.97 Å². The first-order valence-electron chi connectivity index (χ1n) is 12.3. The van der Waals surface area contributed by atoms with Crippen molar-refractivity contribution in [1.29, 1.82) is 0 Å². The molecule has 1 unspecified atom stereocenters. The maximum atomic E-state index is 14.1. The van der Waals surface area contributed by atoms with Gasteiger partial charge in [-0.25, -0.2) is 9.37 Å². The number of aliphatic carboxylic acids is 1. The summed E-state index contributed by atoms with van der Waals surface area (Å²) in [5, 5.41) is 11.4. The van der Waals surface area contributed by atoms with Crippen molar-refractivity contribution in [2.75, 3.05) is 0 Å². The highest BCUT2D eigenvalue weighted by molar-refractivity contribution is 6.02. The van der Waals surface area contributed by atoms with Gasteiger partial charge in [0.2, 0.25) is 0 Å². The fourth-order valence-corrected chi connectivity index (χ4v) is 4.80. The topological polar surface area (TPSA) is 72.2 Å². The van der Waals surface area contributed by atoms with Crippen LogP contribution in [-0.2, 0) is 11.3 Å². The SMILES string of the molecule is CCCC(C(=O)O)c1c(-c2ccc(C(C)C)cc2)c2cc3cc(F)ccc3nc2n(CCC)c1=O. The number of nitrogens with zero attached hydrogens (tertiary/aromatic N) is 2. The van der Waals surface area contributed by atoms with Gasteiger partial charge in [0.25, 0.3) is 5.56 Å². The minimum absolute atomic E-state index is 0.273. The van der Waals surface area contributed by atoms with Crippen LogP contribution in [-0.4, -0.2) is 20.6 Å². The van der Waals surface area contributed by atoms with E-state index in [0.29, 0.717) is 59.2 Å². The monoisotopic (exact) mass is 474 g/mol. The summed E-state index contributed by atoms with van der Waals surface area (Å²) in [7, 11) is 0. The molecule has 0 fully saturated rings. The third-order valence-corrected chi connectivity index (χ3v) is 6.56. The molecule has 0 saturated carbocycles. The molecule has 2 aromatic heterocycles. The standard InChI is InChI=1S/C29H31FN2O3/c1-5-7-22(29(34)35)26-25(19-10-8-18(9-11-19)17(3)4)23-16-20-15-21(30)12-13-24(20)31-27(23)32(14-6-2)28(26)33/h8-13,15-17,22H,5-7,14H2,1-4H3,(H,34,35). The molecule has 2 heterocycles. The fraction of sp³-hybridized carbons (Fsp3) is 0.345. The Morgan fingerprint density at radius 3 is 2.37 bits per heavy atom. The highest BCUT2D eigenvalue weighted by Crippen LogP contribution is 2.37. The number of rotatable bonds is 8. The Kier molecular flexibility index (Phi) is 7.01. The van der Waals surface area contributed by atoms with E-state index in [9.17, 15) is 19.1 Å². The van der Waals surface area contributed by atoms with E-state index in [2.05, 4.69) is 13.8 Å². The highest BCUT2D eigenvalue weighted by Gasteiger charge is 2.29. The summed E-state index contributed by atoms with van der Waals surface area (Å²) in [6, 6.07) is 14.1. The number of hydrogen-bond donors (Lipinski definition) is 1. The molecule has 35 heavy (non-hydrogen) atoms. The van der Waals surface area contributed by atoms with Crippen molar-refractivity contribution < 1.29 is 14.3 Å². The predicted octanol–water partition coefficient (Wildman–Crippen LogP) is 6.86. The van der Waals surface area contributed by atoms with E-state index >= 15 is 0 Å². The number of pyridine rings is 2. The van der Waals surface area contributed by atoms with Crippen LogP contribution in [0.3, 0.4) is 0 Å². The third kappa shape index (κ3) is 4.57. The van der Waals surface area contributed by atoms with Gasteiger partial charge in [0, 0.05) is 28.4 Å². The van der Waals surface area contributed by atoms with Crippen molar-refractivity contribution in [2.24, 2.45) is 0 Å². The van der Waals surface area contributed by atoms with Gasteiger partial charge in [-0.05, 0) is 54.2 Å². The molecule has 0 aliphatic heterocycles. The summed E-state index contributed by atoms with van der Waals surface area (Å²) in [6.45, 7) is 8.50. The smallest absolute Gasteiger partial charge is 0.311 e. The highest BCUT2D eigenvalue weighted by atomic mass is 19.1. The zero-order valence-electron chi connectivity index (χ0n) is 20.6. The van der Waals surface area contributed by atoms with Crippen molar-refractivity contribution in [3.63, 3.8) is 0 Å². The number of carbonyl (C=O) groups is 1. The summed E-state index contributed by atoms with van der Waals surface area (Å²) in [4.78, 5) is 31.1. The Morgan fingerprint density at radius 2 is 1.77 bits per heavy atom. The fourth-order valence-electron chi connectivity index (χ4n) is 4.80. The van der Waals surface area contributed by atoms with Crippen molar-refractivity contribution in [3.05, 3.63) is 75.8 Å². The van der Waals surface area contributed by atoms with Crippen LogP contribution in [0.1, 0.15) is 69.9 Å². The maximum absolute atomic E-state index is 14.1. The summed E-state index contributed by atoms with van der Waals surface area (Å²) in [5.74, 6) is -2.02. The summed E-state index contributed by atoms with van der Waals surface area (Å²) >= 11 is 0. The number of halogens is 1. The molecule has 0 aliphatic rings. The van der Waals surface area contributed by atoms with Gasteiger partial charge in [-0.1, -0.05) is 58.4 Å². The lowest BCUT2D eigenvalue weighted by Crippen LogP contribution is -2.30. The second-order valence-corrected chi connectivity index (χ2v) is 9.40. The molecular formula is C29H31FN2O3. The van der Waals surface area contributed by atoms with Crippen molar-refractivity contribution >= 4 is 27.9 Å². The molecule has 6 heteroatoms. The van der Waals surface area contributed by atoms with E-state index in [4.69, 9.17) is 4.98 Å².